The largest absolute Gasteiger partial charge is 0.277 e. The highest BCUT2D eigenvalue weighted by Gasteiger charge is 2.20. The zero-order valence-corrected chi connectivity index (χ0v) is 15.6. The van der Waals surface area contributed by atoms with Crippen LogP contribution >= 0.6 is 0 Å². The van der Waals surface area contributed by atoms with Crippen molar-refractivity contribution in [3.8, 4) is 0 Å². The minimum atomic E-state index is -0.258. The third-order valence-corrected chi connectivity index (χ3v) is 4.57. The first kappa shape index (κ1) is 18.6. The van der Waals surface area contributed by atoms with E-state index in [1.807, 2.05) is 49.4 Å². The molecule has 0 aliphatic rings. The highest BCUT2D eigenvalue weighted by molar-refractivity contribution is 5.84. The van der Waals surface area contributed by atoms with Crippen LogP contribution in [-0.4, -0.2) is 15.5 Å². The van der Waals surface area contributed by atoms with Crippen molar-refractivity contribution < 1.29 is 4.79 Å². The molecule has 0 saturated carbocycles. The first-order chi connectivity index (χ1) is 13.2. The Hall–Kier alpha value is -3.15. The van der Waals surface area contributed by atoms with Crippen molar-refractivity contribution in [3.05, 3.63) is 70.5 Å². The Morgan fingerprint density at radius 2 is 1.78 bits per heavy atom. The quantitative estimate of drug-likeness (QED) is 0.630. The van der Waals surface area contributed by atoms with Crippen LogP contribution in [0.15, 0.2) is 59.4 Å². The molecule has 0 spiro atoms. The molecule has 0 aliphatic carbocycles. The lowest BCUT2D eigenvalue weighted by molar-refractivity contribution is -0.122. The van der Waals surface area contributed by atoms with Gasteiger partial charge in [-0.3, -0.25) is 25.0 Å². The second-order valence-electron chi connectivity index (χ2n) is 6.37. The number of hydrazine groups is 1. The van der Waals surface area contributed by atoms with E-state index >= 15 is 0 Å². The van der Waals surface area contributed by atoms with Gasteiger partial charge in [-0.1, -0.05) is 55.8 Å². The minimum absolute atomic E-state index is 0.131. The highest BCUT2D eigenvalue weighted by atomic mass is 16.2. The van der Waals surface area contributed by atoms with Gasteiger partial charge in [0.1, 0.15) is 0 Å². The number of rotatable bonds is 7. The van der Waals surface area contributed by atoms with Gasteiger partial charge < -0.3 is 0 Å². The lowest BCUT2D eigenvalue weighted by atomic mass is 9.94. The smallest absolute Gasteiger partial charge is 0.262 e. The molecule has 1 unspecified atom stereocenters. The van der Waals surface area contributed by atoms with Gasteiger partial charge in [-0.05, 0) is 31.0 Å². The number of aromatic nitrogens is 2. The van der Waals surface area contributed by atoms with E-state index in [0.29, 0.717) is 23.4 Å². The van der Waals surface area contributed by atoms with Crippen LogP contribution in [0.25, 0.3) is 10.9 Å². The summed E-state index contributed by atoms with van der Waals surface area (Å²) in [6.07, 6.45) is 1.63. The molecule has 2 aromatic carbocycles. The zero-order chi connectivity index (χ0) is 19.2. The van der Waals surface area contributed by atoms with Crippen molar-refractivity contribution in [1.82, 2.24) is 15.0 Å². The molecule has 0 radical (unpaired) electrons. The molecule has 140 valence electrons. The molecule has 1 amide bonds. The van der Waals surface area contributed by atoms with E-state index in [1.165, 1.54) is 4.57 Å². The van der Waals surface area contributed by atoms with Crippen molar-refractivity contribution in [2.45, 2.75) is 39.2 Å². The van der Waals surface area contributed by atoms with Crippen LogP contribution in [0.5, 0.6) is 0 Å². The number of hydrogen-bond acceptors (Lipinski definition) is 4. The molecule has 27 heavy (non-hydrogen) atoms. The van der Waals surface area contributed by atoms with Crippen LogP contribution < -0.4 is 16.4 Å². The average molecular weight is 364 g/mol. The normalized spacial score (nSPS) is 11.9. The van der Waals surface area contributed by atoms with Gasteiger partial charge in [0.05, 0.1) is 16.8 Å². The van der Waals surface area contributed by atoms with Crippen LogP contribution in [0.1, 0.15) is 38.2 Å². The molecule has 1 atom stereocenters. The fourth-order valence-corrected chi connectivity index (χ4v) is 3.18. The number of para-hydroxylation sites is 1. The van der Waals surface area contributed by atoms with E-state index in [0.717, 1.165) is 18.4 Å². The Labute approximate surface area is 158 Å². The molecule has 0 aliphatic heterocycles. The van der Waals surface area contributed by atoms with Crippen LogP contribution in [0.3, 0.4) is 0 Å². The Kier molecular flexibility index (Phi) is 5.86. The fraction of sp³-hybridized carbons (Fsp3) is 0.286. The van der Waals surface area contributed by atoms with Gasteiger partial charge in [-0.15, -0.1) is 0 Å². The minimum Gasteiger partial charge on any atom is -0.277 e. The fourth-order valence-electron chi connectivity index (χ4n) is 3.18. The zero-order valence-electron chi connectivity index (χ0n) is 15.6. The van der Waals surface area contributed by atoms with Gasteiger partial charge in [0, 0.05) is 6.54 Å². The third-order valence-electron chi connectivity index (χ3n) is 4.57. The number of nitrogens with zero attached hydrogens (tertiary/aromatic N) is 2. The molecule has 3 aromatic rings. The lowest BCUT2D eigenvalue weighted by Gasteiger charge is -2.18. The molecule has 1 aromatic heterocycles. The molecule has 1 heterocycles. The third kappa shape index (κ3) is 4.00. The summed E-state index contributed by atoms with van der Waals surface area (Å²) in [6, 6.07) is 16.9. The van der Waals surface area contributed by atoms with Crippen molar-refractivity contribution >= 4 is 22.8 Å². The average Bonchev–Trinajstić information content (AvgIpc) is 2.71. The molecule has 6 nitrogen and oxygen atoms in total. The topological polar surface area (TPSA) is 76.0 Å². The van der Waals surface area contributed by atoms with Gasteiger partial charge in [-0.2, -0.15) is 0 Å². The Morgan fingerprint density at radius 3 is 2.48 bits per heavy atom. The second-order valence-corrected chi connectivity index (χ2v) is 6.37. The van der Waals surface area contributed by atoms with Gasteiger partial charge in [-0.25, -0.2) is 4.98 Å². The predicted molar refractivity (Wildman–Crippen MR) is 108 cm³/mol. The number of fused-ring (bicyclic) bond motifs is 1. The number of anilines is 1. The number of carbonyl (C=O) groups excluding carboxylic acids is 1. The van der Waals surface area contributed by atoms with Crippen LogP contribution in [0.2, 0.25) is 0 Å². The molecular formula is C21H24N4O2. The number of hydrogen-bond donors (Lipinski definition) is 2. The van der Waals surface area contributed by atoms with Crippen LogP contribution in [0, 0.1) is 0 Å². The first-order valence-corrected chi connectivity index (χ1v) is 9.26. The van der Waals surface area contributed by atoms with E-state index in [1.54, 1.807) is 12.1 Å². The lowest BCUT2D eigenvalue weighted by Crippen LogP contribution is -2.37. The van der Waals surface area contributed by atoms with E-state index in [4.69, 9.17) is 0 Å². The molecular weight excluding hydrogens is 340 g/mol. The van der Waals surface area contributed by atoms with Crippen LogP contribution in [-0.2, 0) is 11.3 Å². The Balaban J connectivity index is 1.85. The maximum absolute atomic E-state index is 12.8. The predicted octanol–water partition coefficient (Wildman–Crippen LogP) is 3.44. The maximum Gasteiger partial charge on any atom is 0.262 e. The molecule has 2 N–H and O–H groups in total. The second kappa shape index (κ2) is 8.49. The molecule has 6 heteroatoms. The monoisotopic (exact) mass is 364 g/mol. The summed E-state index contributed by atoms with van der Waals surface area (Å²) in [5.74, 6) is -0.0723. The van der Waals surface area contributed by atoms with E-state index in [-0.39, 0.29) is 17.4 Å². The number of amides is 1. The molecule has 3 rings (SSSR count). The Bertz CT molecular complexity index is 982. The van der Waals surface area contributed by atoms with Crippen molar-refractivity contribution in [3.63, 3.8) is 0 Å². The summed E-state index contributed by atoms with van der Waals surface area (Å²) in [5.41, 5.74) is 7.03. The van der Waals surface area contributed by atoms with Crippen LogP contribution in [0.4, 0.5) is 5.95 Å². The van der Waals surface area contributed by atoms with Crippen molar-refractivity contribution in [1.29, 1.82) is 0 Å². The SMILES string of the molecule is CCCC(C(=O)NNc1nc2ccccc2c(=O)n1CC)c1ccccc1. The van der Waals surface area contributed by atoms with Gasteiger partial charge >= 0.3 is 0 Å². The molecule has 0 saturated heterocycles. The summed E-state index contributed by atoms with van der Waals surface area (Å²) in [6.45, 7) is 4.37. The number of nitrogens with one attached hydrogen (secondary N) is 2. The highest BCUT2D eigenvalue weighted by Crippen LogP contribution is 2.21. The van der Waals surface area contributed by atoms with E-state index in [9.17, 15) is 9.59 Å². The Morgan fingerprint density at radius 1 is 1.07 bits per heavy atom. The van der Waals surface area contributed by atoms with E-state index in [2.05, 4.69) is 22.8 Å². The van der Waals surface area contributed by atoms with Crippen molar-refractivity contribution in [2.75, 3.05) is 5.43 Å². The maximum atomic E-state index is 12.8. The standard InChI is InChI=1S/C21H24N4O2/c1-3-10-16(15-11-6-5-7-12-15)19(26)23-24-21-22-18-14-9-8-13-17(18)20(27)25(21)4-2/h5-9,11-14,16H,3-4,10H2,1-2H3,(H,22,24)(H,23,26). The summed E-state index contributed by atoms with van der Waals surface area (Å²) in [4.78, 5) is 29.9. The summed E-state index contributed by atoms with van der Waals surface area (Å²) >= 11 is 0. The summed E-state index contributed by atoms with van der Waals surface area (Å²) in [7, 11) is 0. The number of carbonyl (C=O) groups is 1. The van der Waals surface area contributed by atoms with Gasteiger partial charge in [0.15, 0.2) is 0 Å². The van der Waals surface area contributed by atoms with Gasteiger partial charge in [0.2, 0.25) is 11.9 Å². The van der Waals surface area contributed by atoms with Crippen molar-refractivity contribution in [2.24, 2.45) is 0 Å². The van der Waals surface area contributed by atoms with Gasteiger partial charge in [0.25, 0.3) is 5.56 Å². The number of benzene rings is 2. The first-order valence-electron chi connectivity index (χ1n) is 9.26. The molecule has 0 fully saturated rings. The summed E-state index contributed by atoms with van der Waals surface area (Å²) in [5, 5.41) is 0.560. The molecule has 0 bridgehead atoms. The summed E-state index contributed by atoms with van der Waals surface area (Å²) < 4.78 is 1.51. The van der Waals surface area contributed by atoms with E-state index < -0.39 is 0 Å².